The summed E-state index contributed by atoms with van der Waals surface area (Å²) in [6.07, 6.45) is 1.13. The summed E-state index contributed by atoms with van der Waals surface area (Å²) in [5.74, 6) is 0.276. The summed E-state index contributed by atoms with van der Waals surface area (Å²) in [6, 6.07) is 9.35. The van der Waals surface area contributed by atoms with Crippen molar-refractivity contribution in [1.29, 1.82) is 0 Å². The fourth-order valence-electron chi connectivity index (χ4n) is 3.84. The lowest BCUT2D eigenvalue weighted by Crippen LogP contribution is -2.39. The maximum atomic E-state index is 12.7. The molecule has 2 aromatic rings. The number of amides is 1. The van der Waals surface area contributed by atoms with Crippen LogP contribution in [0.25, 0.3) is 0 Å². The molecule has 2 heterocycles. The van der Waals surface area contributed by atoms with Gasteiger partial charge in [0.25, 0.3) is 0 Å². The number of primary sulfonamides is 1. The molecule has 0 spiro atoms. The Balaban J connectivity index is 1.44. The van der Waals surface area contributed by atoms with E-state index in [0.717, 1.165) is 0 Å². The van der Waals surface area contributed by atoms with E-state index < -0.39 is 16.0 Å². The molecule has 0 radical (unpaired) electrons. The highest BCUT2D eigenvalue weighted by molar-refractivity contribution is 7.89. The second-order valence-corrected chi connectivity index (χ2v) is 9.10. The largest absolute Gasteiger partial charge is 0.465 e. The Bertz CT molecular complexity index is 1160. The van der Waals surface area contributed by atoms with Gasteiger partial charge in [-0.2, -0.15) is 0 Å². The van der Waals surface area contributed by atoms with Gasteiger partial charge in [0.2, 0.25) is 22.7 Å². The molecule has 10 nitrogen and oxygen atoms in total. The van der Waals surface area contributed by atoms with E-state index in [4.69, 9.17) is 19.3 Å². The quantitative estimate of drug-likeness (QED) is 0.642. The van der Waals surface area contributed by atoms with Crippen LogP contribution in [0.3, 0.4) is 0 Å². The molecule has 0 aliphatic carbocycles. The Morgan fingerprint density at radius 2 is 1.81 bits per heavy atom. The number of anilines is 2. The van der Waals surface area contributed by atoms with Crippen LogP contribution in [0.2, 0.25) is 0 Å². The maximum absolute atomic E-state index is 12.7. The number of rotatable bonds is 5. The number of piperidine rings is 1. The van der Waals surface area contributed by atoms with Crippen LogP contribution in [-0.2, 0) is 19.6 Å². The van der Waals surface area contributed by atoms with Gasteiger partial charge in [0, 0.05) is 30.8 Å². The van der Waals surface area contributed by atoms with Gasteiger partial charge in [0.1, 0.15) is 0 Å². The zero-order chi connectivity index (χ0) is 22.9. The van der Waals surface area contributed by atoms with Crippen molar-refractivity contribution in [2.45, 2.75) is 17.7 Å². The first-order valence-electron chi connectivity index (χ1n) is 9.97. The molecule has 1 saturated heterocycles. The summed E-state index contributed by atoms with van der Waals surface area (Å²) in [6.45, 7) is 1.19. The first-order chi connectivity index (χ1) is 15.3. The Kier molecular flexibility index (Phi) is 5.94. The second-order valence-electron chi connectivity index (χ2n) is 7.53. The van der Waals surface area contributed by atoms with Crippen LogP contribution in [0.5, 0.6) is 11.5 Å². The lowest BCUT2D eigenvalue weighted by Gasteiger charge is -2.34. The highest BCUT2D eigenvalue weighted by Gasteiger charge is 2.28. The van der Waals surface area contributed by atoms with Gasteiger partial charge in [-0.3, -0.25) is 4.79 Å². The lowest BCUT2D eigenvalue weighted by atomic mass is 9.95. The molecule has 0 aromatic heterocycles. The van der Waals surface area contributed by atoms with Crippen LogP contribution in [0.4, 0.5) is 11.4 Å². The third kappa shape index (κ3) is 4.48. The summed E-state index contributed by atoms with van der Waals surface area (Å²) in [5.41, 5.74) is 1.29. The molecule has 2 aromatic carbocycles. The van der Waals surface area contributed by atoms with Crippen molar-refractivity contribution in [3.8, 4) is 11.5 Å². The second kappa shape index (κ2) is 8.67. The van der Waals surface area contributed by atoms with Gasteiger partial charge >= 0.3 is 5.97 Å². The van der Waals surface area contributed by atoms with Crippen molar-refractivity contribution in [1.82, 2.24) is 0 Å². The molecule has 4 rings (SSSR count). The fraction of sp³-hybridized carbons (Fsp3) is 0.333. The number of nitrogens with two attached hydrogens (primary N) is 1. The molecule has 0 unspecified atom stereocenters. The minimum atomic E-state index is -3.96. The van der Waals surface area contributed by atoms with Gasteiger partial charge in [-0.1, -0.05) is 0 Å². The van der Waals surface area contributed by atoms with E-state index in [1.54, 1.807) is 24.3 Å². The van der Waals surface area contributed by atoms with Crippen LogP contribution in [0.1, 0.15) is 23.2 Å². The first kappa shape index (κ1) is 21.9. The number of benzene rings is 2. The standard InChI is InChI=1S/C21H23N3O7S/c1-29-21(26)16-11-15(32(22,27)28)3-4-17(16)24-8-6-13(7-9-24)20(25)23-14-2-5-18-19(10-14)31-12-30-18/h2-5,10-11,13H,6-9,12H2,1H3,(H,23,25)(H2,22,27,28). The summed E-state index contributed by atoms with van der Waals surface area (Å²) < 4.78 is 38.8. The minimum absolute atomic E-state index is 0.0960. The number of carbonyl (C=O) groups is 2. The normalized spacial score (nSPS) is 16.0. The van der Waals surface area contributed by atoms with Crippen molar-refractivity contribution < 1.29 is 32.2 Å². The van der Waals surface area contributed by atoms with Crippen LogP contribution >= 0.6 is 0 Å². The number of nitrogens with one attached hydrogen (secondary N) is 1. The predicted octanol–water partition coefficient (Wildman–Crippen LogP) is 1.70. The molecule has 3 N–H and O–H groups in total. The third-order valence-electron chi connectivity index (χ3n) is 5.55. The Hall–Kier alpha value is -3.31. The molecule has 1 amide bonds. The molecule has 0 bridgehead atoms. The third-order valence-corrected chi connectivity index (χ3v) is 6.46. The first-order valence-corrected chi connectivity index (χ1v) is 11.5. The molecule has 1 fully saturated rings. The summed E-state index contributed by atoms with van der Waals surface area (Å²) in [4.78, 5) is 26.7. The summed E-state index contributed by atoms with van der Waals surface area (Å²) in [5, 5.41) is 8.10. The molecule has 32 heavy (non-hydrogen) atoms. The highest BCUT2D eigenvalue weighted by Crippen LogP contribution is 2.35. The molecule has 2 aliphatic heterocycles. The van der Waals surface area contributed by atoms with Crippen LogP contribution in [0, 0.1) is 5.92 Å². The lowest BCUT2D eigenvalue weighted by molar-refractivity contribution is -0.120. The molecule has 0 atom stereocenters. The van der Waals surface area contributed by atoms with Gasteiger partial charge < -0.3 is 24.4 Å². The molecule has 11 heteroatoms. The number of esters is 1. The Morgan fingerprint density at radius 1 is 1.09 bits per heavy atom. The molecule has 170 valence electrons. The number of methoxy groups -OCH3 is 1. The van der Waals surface area contributed by atoms with Crippen molar-refractivity contribution in [2.75, 3.05) is 37.2 Å². The van der Waals surface area contributed by atoms with E-state index in [9.17, 15) is 18.0 Å². The smallest absolute Gasteiger partial charge is 0.340 e. The van der Waals surface area contributed by atoms with Gasteiger partial charge in [0.05, 0.1) is 23.3 Å². The summed E-state index contributed by atoms with van der Waals surface area (Å²) >= 11 is 0. The van der Waals surface area contributed by atoms with Crippen molar-refractivity contribution in [2.24, 2.45) is 11.1 Å². The number of hydrogen-bond donors (Lipinski definition) is 2. The van der Waals surface area contributed by atoms with E-state index >= 15 is 0 Å². The van der Waals surface area contributed by atoms with E-state index in [1.165, 1.54) is 19.2 Å². The van der Waals surface area contributed by atoms with Gasteiger partial charge in [-0.15, -0.1) is 0 Å². The van der Waals surface area contributed by atoms with E-state index in [-0.39, 0.29) is 29.1 Å². The number of hydrogen-bond acceptors (Lipinski definition) is 8. The number of fused-ring (bicyclic) bond motifs is 1. The van der Waals surface area contributed by atoms with Crippen molar-refractivity contribution >= 4 is 33.3 Å². The highest BCUT2D eigenvalue weighted by atomic mass is 32.2. The van der Waals surface area contributed by atoms with Crippen LogP contribution < -0.4 is 24.8 Å². The van der Waals surface area contributed by atoms with E-state index in [1.807, 2.05) is 4.90 Å². The Labute approximate surface area is 185 Å². The zero-order valence-corrected chi connectivity index (χ0v) is 18.2. The van der Waals surface area contributed by atoms with Crippen LogP contribution in [-0.4, -0.2) is 47.3 Å². The van der Waals surface area contributed by atoms with Gasteiger partial charge in [-0.25, -0.2) is 18.4 Å². The molecule has 2 aliphatic rings. The van der Waals surface area contributed by atoms with Crippen molar-refractivity contribution in [3.05, 3.63) is 42.0 Å². The number of carbonyl (C=O) groups excluding carboxylic acids is 2. The average Bonchev–Trinajstić information content (AvgIpc) is 3.25. The maximum Gasteiger partial charge on any atom is 0.340 e. The zero-order valence-electron chi connectivity index (χ0n) is 17.4. The minimum Gasteiger partial charge on any atom is -0.465 e. The predicted molar refractivity (Wildman–Crippen MR) is 115 cm³/mol. The number of sulfonamides is 1. The van der Waals surface area contributed by atoms with Crippen LogP contribution in [0.15, 0.2) is 41.3 Å². The van der Waals surface area contributed by atoms with Crippen molar-refractivity contribution in [3.63, 3.8) is 0 Å². The van der Waals surface area contributed by atoms with E-state index in [2.05, 4.69) is 5.32 Å². The Morgan fingerprint density at radius 3 is 2.50 bits per heavy atom. The molecule has 0 saturated carbocycles. The van der Waals surface area contributed by atoms with Gasteiger partial charge in [-0.05, 0) is 43.2 Å². The topological polar surface area (TPSA) is 137 Å². The fourth-order valence-corrected chi connectivity index (χ4v) is 4.38. The van der Waals surface area contributed by atoms with E-state index in [0.29, 0.717) is 48.8 Å². The summed E-state index contributed by atoms with van der Waals surface area (Å²) in [7, 11) is -2.74. The SMILES string of the molecule is COC(=O)c1cc(S(N)(=O)=O)ccc1N1CCC(C(=O)Nc2ccc3c(c2)OCO3)CC1. The number of ether oxygens (including phenoxy) is 3. The average molecular weight is 461 g/mol. The molecular formula is C21H23N3O7S. The molecular weight excluding hydrogens is 438 g/mol. The number of nitrogens with zero attached hydrogens (tertiary/aromatic N) is 1. The van der Waals surface area contributed by atoms with Gasteiger partial charge in [0.15, 0.2) is 11.5 Å². The monoisotopic (exact) mass is 461 g/mol.